The normalized spacial score (nSPS) is 10.7. The van der Waals surface area contributed by atoms with E-state index in [4.69, 9.17) is 13.3 Å². The van der Waals surface area contributed by atoms with E-state index in [1.54, 1.807) is 0 Å². The number of Topliss-reactive ketones (excluding diaryl/α,β-unsaturated/α-hetero) is 1. The third kappa shape index (κ3) is 32.2. The van der Waals surface area contributed by atoms with E-state index >= 15 is 0 Å². The fraction of sp³-hybridized carbons (Fsp3) is 0.833. The Morgan fingerprint density at radius 2 is 1.58 bits per heavy atom. The van der Waals surface area contributed by atoms with Crippen LogP contribution in [0.15, 0.2) is 0 Å². The molecule has 0 aromatic carbocycles. The van der Waals surface area contributed by atoms with Gasteiger partial charge in [0, 0.05) is 6.42 Å². The SMILES string of the molecule is CCCCCCCCCC(=O)CC=O.O=S([O-])O.[Na+]. The number of unbranched alkanes of at least 4 members (excludes halogenated alkanes) is 6. The van der Waals surface area contributed by atoms with Crippen LogP contribution in [0.25, 0.3) is 0 Å². The van der Waals surface area contributed by atoms with Crippen molar-refractivity contribution >= 4 is 23.4 Å². The zero-order valence-corrected chi connectivity index (χ0v) is 14.7. The molecule has 0 saturated carbocycles. The van der Waals surface area contributed by atoms with Crippen LogP contribution in [0, 0.1) is 0 Å². The molecule has 1 unspecified atom stereocenters. The van der Waals surface area contributed by atoms with Crippen LogP contribution in [0.4, 0.5) is 0 Å². The molecule has 19 heavy (non-hydrogen) atoms. The van der Waals surface area contributed by atoms with Crippen molar-refractivity contribution in [3.05, 3.63) is 0 Å². The number of aldehydes is 1. The summed E-state index contributed by atoms with van der Waals surface area (Å²) in [4.78, 5) is 20.9. The second-order valence-electron chi connectivity index (χ2n) is 4.00. The molecule has 0 aliphatic heterocycles. The fourth-order valence-electron chi connectivity index (χ4n) is 1.47. The summed E-state index contributed by atoms with van der Waals surface area (Å²) in [6.45, 7) is 2.21. The minimum Gasteiger partial charge on any atom is -0.750 e. The standard InChI is InChI=1S/C12H22O2.Na.H2O3S/c1-2-3-4-5-6-7-8-9-12(14)10-11-13;;1-4(2)3/h11H,2-10H2,1H3;;(H2,1,2,3)/q;+1;/p-1. The predicted molar refractivity (Wildman–Crippen MR) is 69.8 cm³/mol. The first-order valence-corrected chi connectivity index (χ1v) is 7.31. The van der Waals surface area contributed by atoms with Gasteiger partial charge in [0.05, 0.1) is 17.8 Å². The molecule has 0 radical (unpaired) electrons. The third-order valence-corrected chi connectivity index (χ3v) is 2.37. The average molecular weight is 302 g/mol. The van der Waals surface area contributed by atoms with Crippen LogP contribution in [0.3, 0.4) is 0 Å². The fourth-order valence-corrected chi connectivity index (χ4v) is 1.47. The van der Waals surface area contributed by atoms with Crippen molar-refractivity contribution in [2.75, 3.05) is 0 Å². The minimum absolute atomic E-state index is 0. The van der Waals surface area contributed by atoms with Gasteiger partial charge >= 0.3 is 29.6 Å². The van der Waals surface area contributed by atoms with E-state index < -0.39 is 11.4 Å². The Kier molecular flexibility index (Phi) is 26.6. The monoisotopic (exact) mass is 302 g/mol. The van der Waals surface area contributed by atoms with E-state index in [0.29, 0.717) is 12.7 Å². The molecule has 0 saturated heterocycles. The summed E-state index contributed by atoms with van der Waals surface area (Å²) in [5.41, 5.74) is 0. The van der Waals surface area contributed by atoms with E-state index in [0.717, 1.165) is 12.8 Å². The van der Waals surface area contributed by atoms with Gasteiger partial charge in [-0.05, 0) is 6.42 Å². The number of rotatable bonds is 10. The maximum Gasteiger partial charge on any atom is 1.00 e. The first kappa shape index (κ1) is 24.4. The number of hydrogen-bond acceptors (Lipinski definition) is 4. The van der Waals surface area contributed by atoms with Gasteiger partial charge in [-0.15, -0.1) is 0 Å². The summed E-state index contributed by atoms with van der Waals surface area (Å²) >= 11 is -2.86. The average Bonchev–Trinajstić information content (AvgIpc) is 2.27. The number of carbonyl (C=O) groups is 2. The van der Waals surface area contributed by atoms with Crippen LogP contribution in [0.2, 0.25) is 0 Å². The van der Waals surface area contributed by atoms with Gasteiger partial charge in [-0.3, -0.25) is 4.79 Å². The molecular formula is C12H23NaO5S. The molecule has 0 fully saturated rings. The van der Waals surface area contributed by atoms with Gasteiger partial charge < -0.3 is 13.9 Å². The molecule has 0 bridgehead atoms. The Bertz CT molecular complexity index is 232. The van der Waals surface area contributed by atoms with Gasteiger partial charge in [0.1, 0.15) is 12.1 Å². The zero-order chi connectivity index (χ0) is 14.2. The van der Waals surface area contributed by atoms with Gasteiger partial charge in [-0.1, -0.05) is 45.4 Å². The van der Waals surface area contributed by atoms with Crippen LogP contribution < -0.4 is 29.6 Å². The van der Waals surface area contributed by atoms with Crippen molar-refractivity contribution in [2.45, 2.75) is 64.7 Å². The Balaban J connectivity index is -0.000000448. The Labute approximate surface area is 140 Å². The van der Waals surface area contributed by atoms with Gasteiger partial charge in [0.25, 0.3) is 0 Å². The van der Waals surface area contributed by atoms with E-state index in [-0.39, 0.29) is 41.8 Å². The molecule has 0 aliphatic carbocycles. The topological polar surface area (TPSA) is 94.5 Å². The van der Waals surface area contributed by atoms with Crippen LogP contribution in [-0.2, 0) is 21.0 Å². The van der Waals surface area contributed by atoms with Crippen molar-refractivity contribution < 1.29 is 52.5 Å². The molecule has 0 aromatic heterocycles. The number of ketones is 1. The molecule has 0 heterocycles. The third-order valence-electron chi connectivity index (χ3n) is 2.37. The maximum absolute atomic E-state index is 10.9. The zero-order valence-electron chi connectivity index (χ0n) is 11.9. The Morgan fingerprint density at radius 1 is 1.16 bits per heavy atom. The van der Waals surface area contributed by atoms with Crippen LogP contribution in [0.1, 0.15) is 64.7 Å². The predicted octanol–water partition coefficient (Wildman–Crippen LogP) is -0.372. The Hall–Kier alpha value is 0.410. The summed E-state index contributed by atoms with van der Waals surface area (Å²) in [5.74, 6) is 0.0913. The van der Waals surface area contributed by atoms with Crippen molar-refractivity contribution in [3.8, 4) is 0 Å². The molecule has 1 atom stereocenters. The van der Waals surface area contributed by atoms with Crippen molar-refractivity contribution in [1.82, 2.24) is 0 Å². The second-order valence-corrected chi connectivity index (χ2v) is 4.43. The maximum atomic E-state index is 10.9. The summed E-state index contributed by atoms with van der Waals surface area (Å²) < 4.78 is 24.1. The Morgan fingerprint density at radius 3 is 2.00 bits per heavy atom. The smallest absolute Gasteiger partial charge is 0.750 e. The molecule has 7 heteroatoms. The van der Waals surface area contributed by atoms with Crippen LogP contribution in [-0.4, -0.2) is 25.4 Å². The van der Waals surface area contributed by atoms with Gasteiger partial charge in [-0.25, -0.2) is 4.21 Å². The number of hydrogen-bond donors (Lipinski definition) is 1. The van der Waals surface area contributed by atoms with Crippen LogP contribution >= 0.6 is 0 Å². The summed E-state index contributed by atoms with van der Waals surface area (Å²) in [6, 6.07) is 0. The van der Waals surface area contributed by atoms with E-state index in [1.165, 1.54) is 32.1 Å². The molecule has 0 spiro atoms. The molecule has 108 valence electrons. The van der Waals surface area contributed by atoms with E-state index in [1.807, 2.05) is 0 Å². The first-order chi connectivity index (χ1) is 8.54. The molecule has 0 rings (SSSR count). The summed E-state index contributed by atoms with van der Waals surface area (Å²) in [6.07, 6.45) is 9.92. The van der Waals surface area contributed by atoms with E-state index in [9.17, 15) is 9.59 Å². The summed E-state index contributed by atoms with van der Waals surface area (Å²) in [7, 11) is 0. The van der Waals surface area contributed by atoms with Crippen LogP contribution in [0.5, 0.6) is 0 Å². The van der Waals surface area contributed by atoms with Crippen molar-refractivity contribution in [1.29, 1.82) is 0 Å². The van der Waals surface area contributed by atoms with Gasteiger partial charge in [-0.2, -0.15) is 0 Å². The van der Waals surface area contributed by atoms with Gasteiger partial charge in [0.15, 0.2) is 0 Å². The van der Waals surface area contributed by atoms with Crippen molar-refractivity contribution in [2.24, 2.45) is 0 Å². The van der Waals surface area contributed by atoms with Gasteiger partial charge in [0.2, 0.25) is 0 Å². The molecule has 1 N–H and O–H groups in total. The summed E-state index contributed by atoms with van der Waals surface area (Å²) in [5, 5.41) is 0. The molecule has 0 aromatic rings. The molecular weight excluding hydrogens is 279 g/mol. The minimum atomic E-state index is -2.86. The number of carbonyl (C=O) groups excluding carboxylic acids is 2. The second kappa shape index (κ2) is 20.7. The largest absolute Gasteiger partial charge is 1.00 e. The molecule has 5 nitrogen and oxygen atoms in total. The van der Waals surface area contributed by atoms with Crippen molar-refractivity contribution in [3.63, 3.8) is 0 Å². The first-order valence-electron chi connectivity index (χ1n) is 6.28. The molecule has 0 aliphatic rings. The quantitative estimate of drug-likeness (QED) is 0.195. The molecule has 0 amide bonds. The van der Waals surface area contributed by atoms with E-state index in [2.05, 4.69) is 6.92 Å².